The van der Waals surface area contributed by atoms with Gasteiger partial charge in [-0.25, -0.2) is 4.79 Å². The molecule has 0 aliphatic heterocycles. The molecule has 2 spiro atoms. The molecule has 0 aromatic carbocycles. The van der Waals surface area contributed by atoms with Crippen LogP contribution in [0.2, 0.25) is 0 Å². The molecule has 0 aromatic heterocycles. The Balaban J connectivity index is 1.64. The molecule has 4 nitrogen and oxygen atoms in total. The van der Waals surface area contributed by atoms with E-state index in [1.165, 1.54) is 6.42 Å². The van der Waals surface area contributed by atoms with Crippen LogP contribution in [0.3, 0.4) is 0 Å². The molecule has 0 aromatic rings. The van der Waals surface area contributed by atoms with Gasteiger partial charge in [0.05, 0.1) is 5.41 Å². The van der Waals surface area contributed by atoms with Crippen LogP contribution in [-0.4, -0.2) is 29.1 Å². The lowest BCUT2D eigenvalue weighted by atomic mass is 9.63. The van der Waals surface area contributed by atoms with Crippen LogP contribution >= 0.6 is 0 Å². The molecule has 5 saturated carbocycles. The van der Waals surface area contributed by atoms with Crippen molar-refractivity contribution >= 4 is 11.9 Å². The Hall–Kier alpha value is -1.20. The molecule has 5 aliphatic carbocycles. The van der Waals surface area contributed by atoms with Gasteiger partial charge in [0.2, 0.25) is 0 Å². The molecular weight excluding hydrogens is 318 g/mol. The first-order valence-electron chi connectivity index (χ1n) is 8.74. The Kier molecular flexibility index (Phi) is 2.92. The third-order valence-electron chi connectivity index (χ3n) is 7.22. The highest BCUT2D eigenvalue weighted by Gasteiger charge is 2.81. The number of rotatable bonds is 4. The summed E-state index contributed by atoms with van der Waals surface area (Å²) in [4.78, 5) is 23.4. The van der Waals surface area contributed by atoms with Crippen molar-refractivity contribution < 1.29 is 28.2 Å². The van der Waals surface area contributed by atoms with E-state index in [-0.39, 0.29) is 11.8 Å². The van der Waals surface area contributed by atoms with Crippen molar-refractivity contribution in [1.29, 1.82) is 0 Å². The number of carboxylic acids is 1. The first-order chi connectivity index (χ1) is 10.9. The molecule has 134 valence electrons. The van der Waals surface area contributed by atoms with Gasteiger partial charge in [0.15, 0.2) is 6.10 Å². The van der Waals surface area contributed by atoms with Crippen LogP contribution in [-0.2, 0) is 14.3 Å². The fourth-order valence-corrected chi connectivity index (χ4v) is 6.31. The monoisotopic (exact) mass is 342 g/mol. The van der Waals surface area contributed by atoms with Gasteiger partial charge in [-0.05, 0) is 75.5 Å². The van der Waals surface area contributed by atoms with Crippen molar-refractivity contribution in [3.05, 3.63) is 0 Å². The van der Waals surface area contributed by atoms with Crippen LogP contribution in [0.15, 0.2) is 0 Å². The molecule has 5 rings (SSSR count). The zero-order valence-corrected chi connectivity index (χ0v) is 14.3. The van der Waals surface area contributed by atoms with Crippen LogP contribution in [0.1, 0.15) is 52.9 Å². The second-order valence-electron chi connectivity index (χ2n) is 9.66. The fourth-order valence-electron chi connectivity index (χ4n) is 6.31. The third kappa shape index (κ3) is 1.88. The van der Waals surface area contributed by atoms with Crippen molar-refractivity contribution in [3.8, 4) is 0 Å². The largest absolute Gasteiger partial charge is 0.477 e. The minimum atomic E-state index is -4.05. The maximum absolute atomic E-state index is 14.5. The number of halogens is 2. The lowest BCUT2D eigenvalue weighted by Crippen LogP contribution is -2.54. The van der Waals surface area contributed by atoms with Crippen LogP contribution in [0.4, 0.5) is 8.78 Å². The number of alkyl halides is 2. The fraction of sp³-hybridized carbons (Fsp3) is 0.889. The van der Waals surface area contributed by atoms with E-state index in [0.717, 1.165) is 25.7 Å². The molecule has 4 bridgehead atoms. The normalized spacial score (nSPS) is 43.5. The van der Waals surface area contributed by atoms with Crippen molar-refractivity contribution in [2.75, 3.05) is 0 Å². The first kappa shape index (κ1) is 16.3. The third-order valence-corrected chi connectivity index (χ3v) is 7.22. The van der Waals surface area contributed by atoms with E-state index in [1.54, 1.807) is 20.8 Å². The van der Waals surface area contributed by atoms with Crippen LogP contribution in [0.5, 0.6) is 0 Å². The summed E-state index contributed by atoms with van der Waals surface area (Å²) in [6.07, 6.45) is 2.94. The molecule has 5 fully saturated rings. The molecule has 5 aliphatic rings. The number of carboxylic acid groups (broad SMARTS) is 1. The lowest BCUT2D eigenvalue weighted by Gasteiger charge is -2.45. The number of carbonyl (C=O) groups excluding carboxylic acids is 1. The Labute approximate surface area is 139 Å². The Morgan fingerprint density at radius 3 is 1.92 bits per heavy atom. The molecule has 1 N–H and O–H groups in total. The zero-order chi connectivity index (χ0) is 17.7. The van der Waals surface area contributed by atoms with Crippen molar-refractivity contribution in [2.45, 2.75) is 64.9 Å². The Bertz CT molecular complexity index is 585. The van der Waals surface area contributed by atoms with Gasteiger partial charge in [-0.3, -0.25) is 4.79 Å². The van der Waals surface area contributed by atoms with Crippen molar-refractivity contribution in [3.63, 3.8) is 0 Å². The van der Waals surface area contributed by atoms with Gasteiger partial charge in [-0.1, -0.05) is 0 Å². The second kappa shape index (κ2) is 4.31. The van der Waals surface area contributed by atoms with Crippen LogP contribution in [0, 0.1) is 34.0 Å². The first-order valence-corrected chi connectivity index (χ1v) is 8.74. The van der Waals surface area contributed by atoms with Crippen molar-refractivity contribution in [1.82, 2.24) is 0 Å². The van der Waals surface area contributed by atoms with Gasteiger partial charge >= 0.3 is 17.9 Å². The molecule has 1 atom stereocenters. The highest BCUT2D eigenvalue weighted by atomic mass is 19.3. The maximum atomic E-state index is 14.5. The summed E-state index contributed by atoms with van der Waals surface area (Å²) in [6.45, 7) is 4.76. The van der Waals surface area contributed by atoms with E-state index in [2.05, 4.69) is 0 Å². The predicted octanol–water partition coefficient (Wildman–Crippen LogP) is 3.49. The number of hydrogen-bond acceptors (Lipinski definition) is 3. The minimum absolute atomic E-state index is 0.0641. The average molecular weight is 342 g/mol. The maximum Gasteiger partial charge on any atom is 0.378 e. The van der Waals surface area contributed by atoms with E-state index in [9.17, 15) is 18.4 Å². The lowest BCUT2D eigenvalue weighted by molar-refractivity contribution is -0.214. The summed E-state index contributed by atoms with van der Waals surface area (Å²) < 4.78 is 34.2. The summed E-state index contributed by atoms with van der Waals surface area (Å²) in [5.41, 5.74) is -0.257. The molecule has 6 heteroatoms. The highest BCUT2D eigenvalue weighted by molar-refractivity contribution is 5.79. The SMILES string of the molecule is CC(C)(C)C(=O)OC(C1C2CC34CC1CC3(C2)C4)C(F)(F)C(=O)O. The van der Waals surface area contributed by atoms with E-state index in [4.69, 9.17) is 9.84 Å². The van der Waals surface area contributed by atoms with Gasteiger partial charge in [0, 0.05) is 5.92 Å². The number of hydrogen-bond donors (Lipinski definition) is 1. The zero-order valence-electron chi connectivity index (χ0n) is 14.3. The Morgan fingerprint density at radius 2 is 1.54 bits per heavy atom. The number of aliphatic carboxylic acids is 1. The molecule has 1 unspecified atom stereocenters. The van der Waals surface area contributed by atoms with Gasteiger partial charge in [0.1, 0.15) is 0 Å². The minimum Gasteiger partial charge on any atom is -0.477 e. The van der Waals surface area contributed by atoms with Gasteiger partial charge in [-0.15, -0.1) is 0 Å². The molecule has 0 radical (unpaired) electrons. The molecule has 0 amide bonds. The summed E-state index contributed by atoms with van der Waals surface area (Å²) in [5, 5.41) is 9.04. The van der Waals surface area contributed by atoms with E-state index < -0.39 is 35.3 Å². The standard InChI is InChI=1S/C18H24F2O4/c1-15(2,3)14(23)24-12(18(19,20)13(21)22)11-9-4-16-6-10(11)7-17(16,5-9)8-16/h9-12H,4-8H2,1-3H3,(H,21,22). The van der Waals surface area contributed by atoms with E-state index in [0.29, 0.717) is 10.8 Å². The van der Waals surface area contributed by atoms with E-state index >= 15 is 0 Å². The van der Waals surface area contributed by atoms with Gasteiger partial charge in [-0.2, -0.15) is 8.78 Å². The summed E-state index contributed by atoms with van der Waals surface area (Å²) in [5.74, 6) is -7.42. The topological polar surface area (TPSA) is 63.6 Å². The van der Waals surface area contributed by atoms with Crippen LogP contribution < -0.4 is 0 Å². The molecular formula is C18H24F2O4. The quantitative estimate of drug-likeness (QED) is 0.795. The molecule has 24 heavy (non-hydrogen) atoms. The van der Waals surface area contributed by atoms with Crippen LogP contribution in [0.25, 0.3) is 0 Å². The second-order valence-corrected chi connectivity index (χ2v) is 9.66. The summed E-state index contributed by atoms with van der Waals surface area (Å²) >= 11 is 0. The number of esters is 1. The predicted molar refractivity (Wildman–Crippen MR) is 80.3 cm³/mol. The number of carbonyl (C=O) groups is 2. The summed E-state index contributed by atoms with van der Waals surface area (Å²) in [6, 6.07) is 0. The average Bonchev–Trinajstić information content (AvgIpc) is 2.79. The summed E-state index contributed by atoms with van der Waals surface area (Å²) in [7, 11) is 0. The van der Waals surface area contributed by atoms with Crippen molar-refractivity contribution in [2.24, 2.45) is 34.0 Å². The Morgan fingerprint density at radius 1 is 1.08 bits per heavy atom. The molecule has 0 heterocycles. The van der Waals surface area contributed by atoms with E-state index in [1.807, 2.05) is 0 Å². The number of ether oxygens (including phenoxy) is 1. The van der Waals surface area contributed by atoms with Gasteiger partial charge < -0.3 is 9.84 Å². The smallest absolute Gasteiger partial charge is 0.378 e. The highest BCUT2D eigenvalue weighted by Crippen LogP contribution is 2.88. The molecule has 0 saturated heterocycles. The van der Waals surface area contributed by atoms with Gasteiger partial charge in [0.25, 0.3) is 0 Å².